The molecule has 0 saturated heterocycles. The monoisotopic (exact) mass is 305 g/mol. The zero-order valence-electron chi connectivity index (χ0n) is 12.6. The van der Waals surface area contributed by atoms with Crippen LogP contribution in [-0.4, -0.2) is 31.3 Å². The Balaban J connectivity index is 1.54. The van der Waals surface area contributed by atoms with E-state index >= 15 is 0 Å². The molecule has 0 saturated carbocycles. The van der Waals surface area contributed by atoms with Crippen molar-refractivity contribution in [3.05, 3.63) is 23.3 Å². The number of benzene rings is 1. The minimum Gasteiger partial charge on any atom is -0.454 e. The predicted octanol–water partition coefficient (Wildman–Crippen LogP) is 0.455. The van der Waals surface area contributed by atoms with Crippen molar-refractivity contribution in [1.29, 1.82) is 0 Å². The summed E-state index contributed by atoms with van der Waals surface area (Å²) in [5, 5.41) is 3.05. The fourth-order valence-corrected chi connectivity index (χ4v) is 3.06. The van der Waals surface area contributed by atoms with Gasteiger partial charge in [0.15, 0.2) is 11.5 Å². The first kappa shape index (κ1) is 15.1. The smallest absolute Gasteiger partial charge is 0.237 e. The number of nitrogens with one attached hydrogen (secondary N) is 1. The second-order valence-corrected chi connectivity index (χ2v) is 5.98. The highest BCUT2D eigenvalue weighted by Gasteiger charge is 2.27. The Labute approximate surface area is 130 Å². The molecule has 2 aliphatic rings. The minimum absolute atomic E-state index is 0.0742. The molecule has 1 aromatic carbocycles. The Bertz CT molecular complexity index is 529. The summed E-state index contributed by atoms with van der Waals surface area (Å²) in [6.45, 7) is 0.928. The largest absolute Gasteiger partial charge is 0.454 e. The molecule has 0 fully saturated rings. The first-order valence-corrected chi connectivity index (χ1v) is 7.85. The Hall–Kier alpha value is -1.79. The zero-order valence-corrected chi connectivity index (χ0v) is 12.6. The lowest BCUT2D eigenvalue weighted by Crippen LogP contribution is -2.45. The minimum atomic E-state index is -0.452. The number of nitrogens with two attached hydrogens (primary N) is 2. The SMILES string of the molecule is NCCCCC(N)C(=O)NC1Cc2cc3c(cc2C1)OCO3. The number of hydrogen-bond donors (Lipinski definition) is 3. The van der Waals surface area contributed by atoms with Crippen LogP contribution in [0.3, 0.4) is 0 Å². The van der Waals surface area contributed by atoms with Crippen LogP contribution in [0.2, 0.25) is 0 Å². The maximum Gasteiger partial charge on any atom is 0.237 e. The molecule has 1 aliphatic carbocycles. The summed E-state index contributed by atoms with van der Waals surface area (Å²) in [4.78, 5) is 12.1. The molecular formula is C16H23N3O3. The van der Waals surface area contributed by atoms with Crippen molar-refractivity contribution in [2.45, 2.75) is 44.2 Å². The van der Waals surface area contributed by atoms with Crippen LogP contribution in [0.5, 0.6) is 11.5 Å². The molecule has 1 heterocycles. The highest BCUT2D eigenvalue weighted by molar-refractivity contribution is 5.81. The fourth-order valence-electron chi connectivity index (χ4n) is 3.06. The summed E-state index contributed by atoms with van der Waals surface area (Å²) in [5.74, 6) is 1.52. The molecule has 1 unspecified atom stereocenters. The van der Waals surface area contributed by atoms with Gasteiger partial charge in [0, 0.05) is 6.04 Å². The molecule has 1 aliphatic heterocycles. The quantitative estimate of drug-likeness (QED) is 0.663. The van der Waals surface area contributed by atoms with E-state index in [-0.39, 0.29) is 18.7 Å². The van der Waals surface area contributed by atoms with Crippen LogP contribution in [0.1, 0.15) is 30.4 Å². The van der Waals surface area contributed by atoms with E-state index in [4.69, 9.17) is 20.9 Å². The highest BCUT2D eigenvalue weighted by atomic mass is 16.7. The number of rotatable bonds is 6. The van der Waals surface area contributed by atoms with E-state index in [1.807, 2.05) is 12.1 Å². The van der Waals surface area contributed by atoms with E-state index in [9.17, 15) is 4.79 Å². The van der Waals surface area contributed by atoms with E-state index in [2.05, 4.69) is 5.32 Å². The summed E-state index contributed by atoms with van der Waals surface area (Å²) < 4.78 is 10.8. The maximum atomic E-state index is 12.1. The average Bonchev–Trinajstić information content (AvgIpc) is 3.09. The molecule has 120 valence electrons. The standard InChI is InChI=1S/C16H23N3O3/c17-4-2-1-3-13(18)16(20)19-12-5-10-7-14-15(22-9-21-14)8-11(10)6-12/h7-8,12-13H,1-6,9,17-18H2,(H,19,20). The topological polar surface area (TPSA) is 99.6 Å². The van der Waals surface area contributed by atoms with Gasteiger partial charge in [-0.2, -0.15) is 0 Å². The summed E-state index contributed by atoms with van der Waals surface area (Å²) in [6.07, 6.45) is 4.10. The molecule has 1 amide bonds. The molecular weight excluding hydrogens is 282 g/mol. The number of amides is 1. The van der Waals surface area contributed by atoms with Crippen LogP contribution >= 0.6 is 0 Å². The molecule has 0 radical (unpaired) electrons. The van der Waals surface area contributed by atoms with E-state index in [0.717, 1.165) is 37.2 Å². The van der Waals surface area contributed by atoms with Gasteiger partial charge in [0.2, 0.25) is 12.7 Å². The van der Waals surface area contributed by atoms with Crippen molar-refractivity contribution in [3.63, 3.8) is 0 Å². The molecule has 6 heteroatoms. The highest BCUT2D eigenvalue weighted by Crippen LogP contribution is 2.37. The summed E-state index contributed by atoms with van der Waals surface area (Å²) in [5.41, 5.74) is 13.8. The molecule has 6 nitrogen and oxygen atoms in total. The van der Waals surface area contributed by atoms with Crippen molar-refractivity contribution in [2.75, 3.05) is 13.3 Å². The van der Waals surface area contributed by atoms with E-state index in [1.165, 1.54) is 11.1 Å². The van der Waals surface area contributed by atoms with Gasteiger partial charge >= 0.3 is 0 Å². The number of hydrogen-bond acceptors (Lipinski definition) is 5. The van der Waals surface area contributed by atoms with Gasteiger partial charge in [-0.25, -0.2) is 0 Å². The van der Waals surface area contributed by atoms with Crippen LogP contribution in [0.15, 0.2) is 12.1 Å². The van der Waals surface area contributed by atoms with Crippen molar-refractivity contribution in [3.8, 4) is 11.5 Å². The fraction of sp³-hybridized carbons (Fsp3) is 0.562. The summed E-state index contributed by atoms with van der Waals surface area (Å²) in [7, 11) is 0. The Morgan fingerprint density at radius 3 is 2.45 bits per heavy atom. The number of carbonyl (C=O) groups excluding carboxylic acids is 1. The van der Waals surface area contributed by atoms with Gasteiger partial charge in [0.05, 0.1) is 6.04 Å². The maximum absolute atomic E-state index is 12.1. The third-order valence-corrected chi connectivity index (χ3v) is 4.28. The molecule has 3 rings (SSSR count). The molecule has 0 aromatic heterocycles. The van der Waals surface area contributed by atoms with Gasteiger partial charge in [-0.1, -0.05) is 6.42 Å². The molecule has 22 heavy (non-hydrogen) atoms. The average molecular weight is 305 g/mol. The summed E-state index contributed by atoms with van der Waals surface area (Å²) in [6, 6.07) is 3.69. The van der Waals surface area contributed by atoms with Crippen LogP contribution in [0.25, 0.3) is 0 Å². The Morgan fingerprint density at radius 2 is 1.86 bits per heavy atom. The van der Waals surface area contributed by atoms with Crippen molar-refractivity contribution < 1.29 is 14.3 Å². The molecule has 1 aromatic rings. The Morgan fingerprint density at radius 1 is 1.23 bits per heavy atom. The van der Waals surface area contributed by atoms with Crippen molar-refractivity contribution >= 4 is 5.91 Å². The molecule has 0 bridgehead atoms. The van der Waals surface area contributed by atoms with Gasteiger partial charge in [0.25, 0.3) is 0 Å². The van der Waals surface area contributed by atoms with Crippen LogP contribution < -0.4 is 26.3 Å². The van der Waals surface area contributed by atoms with Gasteiger partial charge in [-0.15, -0.1) is 0 Å². The normalized spacial score (nSPS) is 17.4. The lowest BCUT2D eigenvalue weighted by molar-refractivity contribution is -0.123. The first-order valence-electron chi connectivity index (χ1n) is 7.85. The molecule has 1 atom stereocenters. The van der Waals surface area contributed by atoms with Crippen LogP contribution in [0.4, 0.5) is 0 Å². The second kappa shape index (κ2) is 6.54. The lowest BCUT2D eigenvalue weighted by Gasteiger charge is -2.16. The predicted molar refractivity (Wildman–Crippen MR) is 82.8 cm³/mol. The first-order chi connectivity index (χ1) is 10.7. The summed E-state index contributed by atoms with van der Waals surface area (Å²) >= 11 is 0. The van der Waals surface area contributed by atoms with Gasteiger partial charge in [-0.05, 0) is 55.5 Å². The van der Waals surface area contributed by atoms with Crippen LogP contribution in [0, 0.1) is 0 Å². The third-order valence-electron chi connectivity index (χ3n) is 4.28. The van der Waals surface area contributed by atoms with Gasteiger partial charge in [0.1, 0.15) is 0 Å². The second-order valence-electron chi connectivity index (χ2n) is 5.98. The van der Waals surface area contributed by atoms with Crippen molar-refractivity contribution in [2.24, 2.45) is 11.5 Å². The van der Waals surface area contributed by atoms with E-state index in [0.29, 0.717) is 13.0 Å². The Kier molecular flexibility index (Phi) is 4.49. The van der Waals surface area contributed by atoms with E-state index < -0.39 is 6.04 Å². The number of carbonyl (C=O) groups is 1. The van der Waals surface area contributed by atoms with E-state index in [1.54, 1.807) is 0 Å². The number of fused-ring (bicyclic) bond motifs is 2. The van der Waals surface area contributed by atoms with Crippen LogP contribution in [-0.2, 0) is 17.6 Å². The van der Waals surface area contributed by atoms with Gasteiger partial charge < -0.3 is 26.3 Å². The number of unbranched alkanes of at least 4 members (excludes halogenated alkanes) is 1. The number of ether oxygens (including phenoxy) is 2. The lowest BCUT2D eigenvalue weighted by atomic mass is 10.1. The third kappa shape index (κ3) is 3.18. The van der Waals surface area contributed by atoms with Gasteiger partial charge in [-0.3, -0.25) is 4.79 Å². The molecule has 5 N–H and O–H groups in total. The molecule has 0 spiro atoms. The zero-order chi connectivity index (χ0) is 15.5. The van der Waals surface area contributed by atoms with Crippen molar-refractivity contribution in [1.82, 2.24) is 5.32 Å².